The zero-order chi connectivity index (χ0) is 35.5. The summed E-state index contributed by atoms with van der Waals surface area (Å²) in [6, 6.07) is 29.4. The zero-order valence-corrected chi connectivity index (χ0v) is 27.8. The van der Waals surface area contributed by atoms with Crippen LogP contribution in [0.15, 0.2) is 131 Å². The molecule has 9 nitrogen and oxygen atoms in total. The molecule has 1 N–H and O–H groups in total. The number of carbonyl (C=O) groups excluding carboxylic acids is 1. The Labute approximate surface area is 292 Å². The predicted molar refractivity (Wildman–Crippen MR) is 191 cm³/mol. The van der Waals surface area contributed by atoms with E-state index in [0.29, 0.717) is 58.2 Å². The maximum absolute atomic E-state index is 15.1. The summed E-state index contributed by atoms with van der Waals surface area (Å²) in [5.41, 5.74) is 4.20. The fourth-order valence-corrected chi connectivity index (χ4v) is 6.07. The second-order valence-electron chi connectivity index (χ2n) is 12.1. The lowest BCUT2D eigenvalue weighted by atomic mass is 10.1. The van der Waals surface area contributed by atoms with Crippen LogP contribution < -0.4 is 15.6 Å². The summed E-state index contributed by atoms with van der Waals surface area (Å²) in [7, 11) is 3.51. The number of anilines is 1. The lowest BCUT2D eigenvalue weighted by Crippen LogP contribution is -2.25. The minimum atomic E-state index is -0.708. The quantitative estimate of drug-likeness (QED) is 0.151. The van der Waals surface area contributed by atoms with Crippen LogP contribution in [0, 0.1) is 11.6 Å². The van der Waals surface area contributed by atoms with Crippen molar-refractivity contribution >= 4 is 17.4 Å². The number of imidazole rings is 1. The van der Waals surface area contributed by atoms with E-state index >= 15 is 8.78 Å². The van der Waals surface area contributed by atoms with Crippen molar-refractivity contribution in [3.05, 3.63) is 166 Å². The molecule has 11 heteroatoms. The first-order valence-corrected chi connectivity index (χ1v) is 16.2. The van der Waals surface area contributed by atoms with E-state index in [2.05, 4.69) is 10.2 Å². The number of benzene rings is 4. The first-order chi connectivity index (χ1) is 24.8. The number of nitrogens with one attached hydrogen (secondary N) is 1. The Hall–Kier alpha value is -6.33. The van der Waals surface area contributed by atoms with Crippen molar-refractivity contribution in [2.45, 2.75) is 19.6 Å². The lowest BCUT2D eigenvalue weighted by Gasteiger charge is -2.18. The molecule has 0 aliphatic heterocycles. The van der Waals surface area contributed by atoms with Gasteiger partial charge in [0.15, 0.2) is 0 Å². The molecule has 0 fully saturated rings. The Bertz CT molecular complexity index is 2350. The van der Waals surface area contributed by atoms with Crippen LogP contribution in [-0.2, 0) is 19.6 Å². The van der Waals surface area contributed by atoms with Crippen LogP contribution in [-0.4, -0.2) is 38.9 Å². The third-order valence-corrected chi connectivity index (χ3v) is 8.64. The Morgan fingerprint density at radius 2 is 1.59 bits per heavy atom. The average Bonchev–Trinajstić information content (AvgIpc) is 3.82. The van der Waals surface area contributed by atoms with Gasteiger partial charge >= 0.3 is 0 Å². The van der Waals surface area contributed by atoms with Crippen LogP contribution in [0.3, 0.4) is 0 Å². The molecule has 3 heterocycles. The molecule has 3 aromatic heterocycles. The highest BCUT2D eigenvalue weighted by Crippen LogP contribution is 2.29. The number of carbonyl (C=O) groups is 1. The summed E-state index contributed by atoms with van der Waals surface area (Å²) >= 11 is 0. The van der Waals surface area contributed by atoms with Gasteiger partial charge in [0, 0.05) is 36.1 Å². The first-order valence-electron chi connectivity index (χ1n) is 16.2. The second kappa shape index (κ2) is 14.3. The zero-order valence-electron chi connectivity index (χ0n) is 27.8. The minimum absolute atomic E-state index is 0.159. The fourth-order valence-electron chi connectivity index (χ4n) is 6.07. The van der Waals surface area contributed by atoms with E-state index < -0.39 is 11.6 Å². The molecule has 1 amide bonds. The number of halogens is 2. The first kappa shape index (κ1) is 33.2. The molecule has 0 spiro atoms. The maximum Gasteiger partial charge on any atom is 0.267 e. The van der Waals surface area contributed by atoms with Gasteiger partial charge in [-0.3, -0.25) is 14.5 Å². The van der Waals surface area contributed by atoms with E-state index in [1.54, 1.807) is 60.3 Å². The van der Waals surface area contributed by atoms with Gasteiger partial charge in [-0.05, 0) is 60.6 Å². The van der Waals surface area contributed by atoms with Gasteiger partial charge in [-0.2, -0.15) is 0 Å². The van der Waals surface area contributed by atoms with Gasteiger partial charge in [-0.15, -0.1) is 0 Å². The number of methoxy groups -OCH3 is 1. The third kappa shape index (κ3) is 6.92. The summed E-state index contributed by atoms with van der Waals surface area (Å²) in [6.45, 7) is 0.666. The summed E-state index contributed by atoms with van der Waals surface area (Å²) in [6.07, 6.45) is 4.38. The number of aromatic nitrogens is 3. The highest BCUT2D eigenvalue weighted by Gasteiger charge is 2.23. The van der Waals surface area contributed by atoms with Crippen LogP contribution in [0.2, 0.25) is 0 Å². The van der Waals surface area contributed by atoms with Crippen LogP contribution in [0.5, 0.6) is 5.75 Å². The van der Waals surface area contributed by atoms with Gasteiger partial charge in [0.05, 0.1) is 42.4 Å². The standard InChI is InChI=1S/C40H33F2N5O4/c1-45(21-26-7-4-3-5-8-26)24-36-37(28-11-15-30(16-12-28)43-38(48)29-19-20-51-25-29)44-40-46(23-33-34(41)9-6-10-35(33)42)22-32(39(49)47(36)40)27-13-17-31(50-2)18-14-27/h3-20,22,25H,21,23-24H2,1-2H3,(H,43,48). The molecule has 0 atom stereocenters. The van der Waals surface area contributed by atoms with Crippen LogP contribution in [0.25, 0.3) is 28.2 Å². The van der Waals surface area contributed by atoms with Crippen molar-refractivity contribution in [2.75, 3.05) is 19.5 Å². The minimum Gasteiger partial charge on any atom is -0.497 e. The summed E-state index contributed by atoms with van der Waals surface area (Å²) in [5, 5.41) is 2.85. The summed E-state index contributed by atoms with van der Waals surface area (Å²) < 4.78 is 43.6. The second-order valence-corrected chi connectivity index (χ2v) is 12.1. The topological polar surface area (TPSA) is 94.0 Å². The molecule has 0 aliphatic rings. The van der Waals surface area contributed by atoms with Gasteiger partial charge in [0.2, 0.25) is 5.78 Å². The molecular formula is C40H33F2N5O4. The van der Waals surface area contributed by atoms with Crippen molar-refractivity contribution < 1.29 is 22.7 Å². The predicted octanol–water partition coefficient (Wildman–Crippen LogP) is 7.64. The van der Waals surface area contributed by atoms with E-state index in [0.717, 1.165) is 5.56 Å². The number of amides is 1. The molecule has 51 heavy (non-hydrogen) atoms. The monoisotopic (exact) mass is 685 g/mol. The maximum atomic E-state index is 15.1. The number of hydrogen-bond donors (Lipinski definition) is 1. The Balaban J connectivity index is 1.40. The van der Waals surface area contributed by atoms with Crippen molar-refractivity contribution in [3.8, 4) is 28.1 Å². The van der Waals surface area contributed by atoms with E-state index in [-0.39, 0.29) is 29.4 Å². The number of rotatable bonds is 11. The Morgan fingerprint density at radius 1 is 0.882 bits per heavy atom. The summed E-state index contributed by atoms with van der Waals surface area (Å²) in [4.78, 5) is 34.3. The molecule has 0 bridgehead atoms. The number of hydrogen-bond acceptors (Lipinski definition) is 6. The highest BCUT2D eigenvalue weighted by atomic mass is 19.1. The third-order valence-electron chi connectivity index (χ3n) is 8.64. The van der Waals surface area contributed by atoms with Crippen molar-refractivity contribution in [1.29, 1.82) is 0 Å². The molecule has 0 aliphatic carbocycles. The van der Waals surface area contributed by atoms with Crippen molar-refractivity contribution in [3.63, 3.8) is 0 Å². The Morgan fingerprint density at radius 3 is 2.25 bits per heavy atom. The highest BCUT2D eigenvalue weighted by molar-refractivity contribution is 6.04. The molecule has 0 saturated heterocycles. The van der Waals surface area contributed by atoms with Gasteiger partial charge < -0.3 is 19.0 Å². The SMILES string of the molecule is COc1ccc(-c2cn(Cc3c(F)cccc3F)c3nc(-c4ccc(NC(=O)c5ccoc5)cc4)c(CN(C)Cc4ccccc4)n3c2=O)cc1. The Kier molecular flexibility index (Phi) is 9.28. The molecule has 7 rings (SSSR count). The number of ether oxygens (including phenoxy) is 1. The van der Waals surface area contributed by atoms with Crippen LogP contribution in [0.4, 0.5) is 14.5 Å². The van der Waals surface area contributed by atoms with E-state index in [4.69, 9.17) is 14.1 Å². The van der Waals surface area contributed by atoms with Crippen molar-refractivity contribution in [1.82, 2.24) is 18.9 Å². The average molecular weight is 686 g/mol. The molecular weight excluding hydrogens is 652 g/mol. The largest absolute Gasteiger partial charge is 0.497 e. The van der Waals surface area contributed by atoms with Gasteiger partial charge in [0.25, 0.3) is 11.5 Å². The molecule has 7 aromatic rings. The summed E-state index contributed by atoms with van der Waals surface area (Å²) in [5.74, 6) is -0.904. The number of furan rings is 1. The van der Waals surface area contributed by atoms with E-state index in [9.17, 15) is 9.59 Å². The van der Waals surface area contributed by atoms with E-state index in [1.165, 1.54) is 35.1 Å². The normalized spacial score (nSPS) is 11.3. The van der Waals surface area contributed by atoms with E-state index in [1.807, 2.05) is 49.5 Å². The van der Waals surface area contributed by atoms with Gasteiger partial charge in [-0.25, -0.2) is 18.2 Å². The molecule has 4 aromatic carbocycles. The lowest BCUT2D eigenvalue weighted by molar-refractivity contribution is 0.102. The molecule has 0 saturated carbocycles. The van der Waals surface area contributed by atoms with Gasteiger partial charge in [-0.1, -0.05) is 60.7 Å². The number of nitrogens with zero attached hydrogens (tertiary/aromatic N) is 4. The molecule has 0 unspecified atom stereocenters. The van der Waals surface area contributed by atoms with Crippen LogP contribution in [0.1, 0.15) is 27.2 Å². The fraction of sp³-hybridized carbons (Fsp3) is 0.125. The smallest absolute Gasteiger partial charge is 0.267 e. The van der Waals surface area contributed by atoms with Crippen LogP contribution >= 0.6 is 0 Å². The molecule has 256 valence electrons. The van der Waals surface area contributed by atoms with Gasteiger partial charge in [0.1, 0.15) is 23.6 Å². The van der Waals surface area contributed by atoms with Crippen molar-refractivity contribution in [2.24, 2.45) is 0 Å². The number of fused-ring (bicyclic) bond motifs is 1. The molecule has 0 radical (unpaired) electrons.